The number of hydrogen-bond acceptors (Lipinski definition) is 5. The van der Waals surface area contributed by atoms with Gasteiger partial charge in [0.1, 0.15) is 6.61 Å². The van der Waals surface area contributed by atoms with Crippen molar-refractivity contribution in [2.24, 2.45) is 0 Å². The van der Waals surface area contributed by atoms with E-state index in [1.807, 2.05) is 0 Å². The summed E-state index contributed by atoms with van der Waals surface area (Å²) in [6, 6.07) is 4.56. The van der Waals surface area contributed by atoms with Gasteiger partial charge in [-0.1, -0.05) is 6.07 Å². The van der Waals surface area contributed by atoms with Crippen molar-refractivity contribution >= 4 is 11.9 Å². The number of hydrogen-bond donors (Lipinski definition) is 2. The molecule has 0 aliphatic heterocycles. The van der Waals surface area contributed by atoms with Gasteiger partial charge in [-0.2, -0.15) is 0 Å². The van der Waals surface area contributed by atoms with Crippen molar-refractivity contribution < 1.29 is 29.3 Å². The number of phenols is 1. The number of phenolic OH excluding ortho intramolecular Hbond substituents is 1. The first-order chi connectivity index (χ1) is 8.52. The Morgan fingerprint density at radius 2 is 2.00 bits per heavy atom. The number of carboxylic acids is 1. The molecule has 0 amide bonds. The summed E-state index contributed by atoms with van der Waals surface area (Å²) in [6.07, 6.45) is -0.414. The van der Waals surface area contributed by atoms with Crippen molar-refractivity contribution in [2.75, 3.05) is 7.11 Å². The van der Waals surface area contributed by atoms with Crippen LogP contribution in [0.15, 0.2) is 18.2 Å². The standard InChI is InChI=1S/C12H14O6/c1-17-10-6-8(2-3-9(10)13)7-18-12(16)5-4-11(14)15/h2-3,6,13H,4-5,7H2,1H3,(H,14,15). The molecule has 0 aliphatic rings. The van der Waals surface area contributed by atoms with Crippen LogP contribution < -0.4 is 4.74 Å². The van der Waals surface area contributed by atoms with Crippen molar-refractivity contribution in [2.45, 2.75) is 19.4 Å². The third kappa shape index (κ3) is 4.32. The van der Waals surface area contributed by atoms with Crippen molar-refractivity contribution in [3.8, 4) is 11.5 Å². The van der Waals surface area contributed by atoms with Crippen LogP contribution in [-0.2, 0) is 20.9 Å². The molecule has 0 radical (unpaired) electrons. The smallest absolute Gasteiger partial charge is 0.306 e. The van der Waals surface area contributed by atoms with E-state index in [2.05, 4.69) is 0 Å². The minimum absolute atomic E-state index is 0.00143. The molecule has 0 spiro atoms. The van der Waals surface area contributed by atoms with Crippen LogP contribution in [0.2, 0.25) is 0 Å². The summed E-state index contributed by atoms with van der Waals surface area (Å²) in [7, 11) is 1.41. The third-order valence-corrected chi connectivity index (χ3v) is 2.19. The highest BCUT2D eigenvalue weighted by atomic mass is 16.5. The molecule has 0 saturated carbocycles. The Hall–Kier alpha value is -2.24. The second-order valence-electron chi connectivity index (χ2n) is 3.56. The molecule has 0 atom stereocenters. The zero-order chi connectivity index (χ0) is 13.5. The number of rotatable bonds is 6. The van der Waals surface area contributed by atoms with Crippen molar-refractivity contribution in [3.05, 3.63) is 23.8 Å². The lowest BCUT2D eigenvalue weighted by Gasteiger charge is -2.07. The van der Waals surface area contributed by atoms with Crippen LogP contribution in [0.25, 0.3) is 0 Å². The average molecular weight is 254 g/mol. The summed E-state index contributed by atoms with van der Waals surface area (Å²) in [5.41, 5.74) is 0.647. The first-order valence-electron chi connectivity index (χ1n) is 5.26. The van der Waals surface area contributed by atoms with E-state index in [-0.39, 0.29) is 30.9 Å². The van der Waals surface area contributed by atoms with E-state index in [9.17, 15) is 14.7 Å². The van der Waals surface area contributed by atoms with E-state index in [4.69, 9.17) is 14.6 Å². The monoisotopic (exact) mass is 254 g/mol. The molecule has 6 nitrogen and oxygen atoms in total. The lowest BCUT2D eigenvalue weighted by Crippen LogP contribution is -2.07. The van der Waals surface area contributed by atoms with E-state index < -0.39 is 11.9 Å². The molecule has 6 heteroatoms. The van der Waals surface area contributed by atoms with Gasteiger partial charge in [0.15, 0.2) is 11.5 Å². The quantitative estimate of drug-likeness (QED) is 0.743. The minimum Gasteiger partial charge on any atom is -0.504 e. The maximum absolute atomic E-state index is 11.2. The maximum Gasteiger partial charge on any atom is 0.306 e. The van der Waals surface area contributed by atoms with Crippen LogP contribution in [0.3, 0.4) is 0 Å². The van der Waals surface area contributed by atoms with Crippen LogP contribution in [-0.4, -0.2) is 29.3 Å². The zero-order valence-corrected chi connectivity index (χ0v) is 9.88. The van der Waals surface area contributed by atoms with Gasteiger partial charge in [-0.25, -0.2) is 0 Å². The Morgan fingerprint density at radius 3 is 2.61 bits per heavy atom. The second-order valence-corrected chi connectivity index (χ2v) is 3.56. The van der Waals surface area contributed by atoms with E-state index in [1.165, 1.54) is 13.2 Å². The Balaban J connectivity index is 2.48. The van der Waals surface area contributed by atoms with Crippen LogP contribution in [0.1, 0.15) is 18.4 Å². The van der Waals surface area contributed by atoms with Crippen molar-refractivity contribution in [3.63, 3.8) is 0 Å². The molecule has 98 valence electrons. The van der Waals surface area contributed by atoms with E-state index >= 15 is 0 Å². The molecular weight excluding hydrogens is 240 g/mol. The van der Waals surface area contributed by atoms with E-state index in [0.29, 0.717) is 5.56 Å². The van der Waals surface area contributed by atoms with Crippen LogP contribution in [0, 0.1) is 0 Å². The second kappa shape index (κ2) is 6.48. The Labute approximate surface area is 104 Å². The van der Waals surface area contributed by atoms with Gasteiger partial charge < -0.3 is 19.7 Å². The number of carboxylic acid groups (broad SMARTS) is 1. The molecule has 18 heavy (non-hydrogen) atoms. The summed E-state index contributed by atoms with van der Waals surface area (Å²) in [5.74, 6) is -1.34. The molecule has 0 bridgehead atoms. The Morgan fingerprint density at radius 1 is 1.28 bits per heavy atom. The number of ether oxygens (including phenoxy) is 2. The molecule has 0 saturated heterocycles. The van der Waals surface area contributed by atoms with Gasteiger partial charge in [0.05, 0.1) is 20.0 Å². The summed E-state index contributed by atoms with van der Waals surface area (Å²) in [6.45, 7) is 0.00902. The molecule has 1 aromatic rings. The highest BCUT2D eigenvalue weighted by molar-refractivity contribution is 5.76. The van der Waals surface area contributed by atoms with Crippen LogP contribution >= 0.6 is 0 Å². The van der Waals surface area contributed by atoms with Crippen LogP contribution in [0.4, 0.5) is 0 Å². The zero-order valence-electron chi connectivity index (χ0n) is 9.88. The van der Waals surface area contributed by atoms with Crippen molar-refractivity contribution in [1.29, 1.82) is 0 Å². The van der Waals surface area contributed by atoms with Crippen molar-refractivity contribution in [1.82, 2.24) is 0 Å². The molecule has 0 aliphatic carbocycles. The minimum atomic E-state index is -1.04. The summed E-state index contributed by atoms with van der Waals surface area (Å²) >= 11 is 0. The summed E-state index contributed by atoms with van der Waals surface area (Å²) < 4.78 is 9.78. The molecule has 0 unspecified atom stereocenters. The first kappa shape index (κ1) is 13.8. The number of benzene rings is 1. The normalized spacial score (nSPS) is 9.83. The molecule has 0 fully saturated rings. The highest BCUT2D eigenvalue weighted by Gasteiger charge is 2.08. The number of carbonyl (C=O) groups is 2. The predicted molar refractivity (Wildman–Crippen MR) is 61.3 cm³/mol. The molecule has 1 aromatic carbocycles. The SMILES string of the molecule is COc1cc(COC(=O)CCC(=O)O)ccc1O. The molecular formula is C12H14O6. The van der Waals surface area contributed by atoms with Gasteiger partial charge in [0.2, 0.25) is 0 Å². The number of carbonyl (C=O) groups excluding carboxylic acids is 1. The highest BCUT2D eigenvalue weighted by Crippen LogP contribution is 2.26. The molecule has 0 aromatic heterocycles. The summed E-state index contributed by atoms with van der Waals surface area (Å²) in [4.78, 5) is 21.4. The number of esters is 1. The largest absolute Gasteiger partial charge is 0.504 e. The lowest BCUT2D eigenvalue weighted by molar-refractivity contribution is -0.148. The fraction of sp³-hybridized carbons (Fsp3) is 0.333. The third-order valence-electron chi connectivity index (χ3n) is 2.19. The summed E-state index contributed by atoms with van der Waals surface area (Å²) in [5, 5.41) is 17.8. The maximum atomic E-state index is 11.2. The Kier molecular flexibility index (Phi) is 4.98. The van der Waals surface area contributed by atoms with E-state index in [0.717, 1.165) is 0 Å². The fourth-order valence-electron chi connectivity index (χ4n) is 1.26. The lowest BCUT2D eigenvalue weighted by atomic mass is 10.2. The molecule has 0 heterocycles. The first-order valence-corrected chi connectivity index (χ1v) is 5.26. The van der Waals surface area contributed by atoms with Crippen LogP contribution in [0.5, 0.6) is 11.5 Å². The number of aliphatic carboxylic acids is 1. The predicted octanol–water partition coefficient (Wildman–Crippen LogP) is 1.31. The average Bonchev–Trinajstić information content (AvgIpc) is 2.35. The fourth-order valence-corrected chi connectivity index (χ4v) is 1.26. The Bertz CT molecular complexity index is 440. The van der Waals surface area contributed by atoms with Gasteiger partial charge in [-0.15, -0.1) is 0 Å². The number of methoxy groups -OCH3 is 1. The topological polar surface area (TPSA) is 93.1 Å². The number of aromatic hydroxyl groups is 1. The molecule has 2 N–H and O–H groups in total. The van der Waals surface area contributed by atoms with Gasteiger partial charge in [0.25, 0.3) is 0 Å². The van der Waals surface area contributed by atoms with Gasteiger partial charge in [-0.05, 0) is 17.7 Å². The van der Waals surface area contributed by atoms with Gasteiger partial charge in [0, 0.05) is 0 Å². The molecule has 1 rings (SSSR count). The van der Waals surface area contributed by atoms with Gasteiger partial charge in [-0.3, -0.25) is 9.59 Å². The van der Waals surface area contributed by atoms with Gasteiger partial charge >= 0.3 is 11.9 Å². The van der Waals surface area contributed by atoms with E-state index in [1.54, 1.807) is 12.1 Å².